The number of nitro groups is 1. The van der Waals surface area contributed by atoms with Crippen LogP contribution >= 0.6 is 11.6 Å². The highest BCUT2D eigenvalue weighted by atomic mass is 35.5. The summed E-state index contributed by atoms with van der Waals surface area (Å²) in [6.45, 7) is 3.38. The maximum atomic E-state index is 12.9. The van der Waals surface area contributed by atoms with E-state index in [4.69, 9.17) is 11.6 Å². The van der Waals surface area contributed by atoms with Gasteiger partial charge in [0.05, 0.1) is 21.3 Å². The van der Waals surface area contributed by atoms with Gasteiger partial charge in [0.25, 0.3) is 11.6 Å². The van der Waals surface area contributed by atoms with Gasteiger partial charge in [-0.3, -0.25) is 14.9 Å². The van der Waals surface area contributed by atoms with Crippen molar-refractivity contribution in [3.05, 3.63) is 57.1 Å². The van der Waals surface area contributed by atoms with Gasteiger partial charge < -0.3 is 15.1 Å². The molecule has 0 unspecified atom stereocenters. The monoisotopic (exact) mass is 428 g/mol. The number of carbonyl (C=O) groups excluding carboxylic acids is 1. The van der Waals surface area contributed by atoms with Crippen LogP contribution in [0.15, 0.2) is 36.4 Å². The zero-order valence-corrected chi connectivity index (χ0v) is 17.5. The molecule has 7 nitrogen and oxygen atoms in total. The molecule has 1 amide bonds. The molecule has 2 aliphatic rings. The summed E-state index contributed by atoms with van der Waals surface area (Å²) in [4.78, 5) is 28.4. The Morgan fingerprint density at radius 3 is 2.33 bits per heavy atom. The van der Waals surface area contributed by atoms with Gasteiger partial charge in [0.2, 0.25) is 0 Å². The van der Waals surface area contributed by atoms with E-state index >= 15 is 0 Å². The first kappa shape index (κ1) is 20.5. The van der Waals surface area contributed by atoms with Gasteiger partial charge in [0, 0.05) is 37.8 Å². The number of hydrogen-bond acceptors (Lipinski definition) is 5. The number of rotatable bonds is 5. The lowest BCUT2D eigenvalue weighted by Gasteiger charge is -2.28. The summed E-state index contributed by atoms with van der Waals surface area (Å²) in [6.07, 6.45) is 5.36. The molecule has 0 aromatic heterocycles. The van der Waals surface area contributed by atoms with E-state index in [2.05, 4.69) is 10.2 Å². The lowest BCUT2D eigenvalue weighted by Crippen LogP contribution is -2.30. The average molecular weight is 429 g/mol. The summed E-state index contributed by atoms with van der Waals surface area (Å²) in [6, 6.07) is 10.1. The second-order valence-electron chi connectivity index (χ2n) is 7.79. The molecule has 1 N–H and O–H groups in total. The van der Waals surface area contributed by atoms with E-state index in [0.29, 0.717) is 16.4 Å². The summed E-state index contributed by atoms with van der Waals surface area (Å²) in [5.74, 6) is -0.383. The topological polar surface area (TPSA) is 78.7 Å². The van der Waals surface area contributed by atoms with Crippen LogP contribution in [0, 0.1) is 10.1 Å². The molecular weight excluding hydrogens is 404 g/mol. The van der Waals surface area contributed by atoms with Gasteiger partial charge in [0.15, 0.2) is 0 Å². The third-order valence-electron chi connectivity index (χ3n) is 5.79. The Balaban J connectivity index is 1.60. The fraction of sp³-hybridized carbons (Fsp3) is 0.409. The van der Waals surface area contributed by atoms with Crippen molar-refractivity contribution in [3.63, 3.8) is 0 Å². The van der Waals surface area contributed by atoms with E-state index in [1.807, 2.05) is 17.0 Å². The molecule has 2 saturated heterocycles. The fourth-order valence-electron chi connectivity index (χ4n) is 4.29. The van der Waals surface area contributed by atoms with Crippen LogP contribution in [0.3, 0.4) is 0 Å². The van der Waals surface area contributed by atoms with Crippen molar-refractivity contribution in [1.29, 1.82) is 0 Å². The number of nitrogens with zero attached hydrogens (tertiary/aromatic N) is 3. The minimum absolute atomic E-state index is 0.0320. The van der Waals surface area contributed by atoms with Gasteiger partial charge in [-0.1, -0.05) is 17.7 Å². The minimum atomic E-state index is -0.407. The number of nitro benzene ring substituents is 1. The summed E-state index contributed by atoms with van der Waals surface area (Å²) < 4.78 is 0. The molecule has 0 saturated carbocycles. The molecular formula is C22H25ClN4O3. The summed E-state index contributed by atoms with van der Waals surface area (Å²) in [5.41, 5.74) is 2.24. The van der Waals surface area contributed by atoms with Gasteiger partial charge in [-0.25, -0.2) is 0 Å². The molecule has 2 fully saturated rings. The van der Waals surface area contributed by atoms with E-state index < -0.39 is 4.92 Å². The van der Waals surface area contributed by atoms with E-state index in [1.54, 1.807) is 18.2 Å². The quantitative estimate of drug-likeness (QED) is 0.530. The molecule has 158 valence electrons. The minimum Gasteiger partial charge on any atom is -0.369 e. The molecule has 0 aliphatic carbocycles. The Morgan fingerprint density at radius 2 is 1.63 bits per heavy atom. The van der Waals surface area contributed by atoms with Crippen LogP contribution in [0.1, 0.15) is 42.5 Å². The largest absolute Gasteiger partial charge is 0.369 e. The number of piperidine rings is 1. The Kier molecular flexibility index (Phi) is 6.08. The van der Waals surface area contributed by atoms with Crippen molar-refractivity contribution in [1.82, 2.24) is 0 Å². The molecule has 2 aliphatic heterocycles. The first-order valence-corrected chi connectivity index (χ1v) is 10.8. The van der Waals surface area contributed by atoms with Gasteiger partial charge in [-0.05, 0) is 56.4 Å². The van der Waals surface area contributed by atoms with Crippen LogP contribution in [0.2, 0.25) is 5.02 Å². The lowest BCUT2D eigenvalue weighted by atomic mass is 10.1. The fourth-order valence-corrected chi connectivity index (χ4v) is 4.58. The van der Waals surface area contributed by atoms with Crippen molar-refractivity contribution < 1.29 is 9.72 Å². The highest BCUT2D eigenvalue weighted by molar-refractivity contribution is 6.34. The molecule has 0 bridgehead atoms. The third kappa shape index (κ3) is 4.21. The molecule has 2 aromatic carbocycles. The van der Waals surface area contributed by atoms with Crippen LogP contribution in [0.4, 0.5) is 22.7 Å². The maximum Gasteiger partial charge on any atom is 0.293 e. The van der Waals surface area contributed by atoms with Crippen molar-refractivity contribution >= 4 is 40.3 Å². The predicted molar refractivity (Wildman–Crippen MR) is 120 cm³/mol. The normalized spacial score (nSPS) is 16.6. The number of anilines is 3. The molecule has 2 heterocycles. The third-order valence-corrected chi connectivity index (χ3v) is 6.09. The van der Waals surface area contributed by atoms with Crippen molar-refractivity contribution in [2.75, 3.05) is 41.3 Å². The molecule has 0 radical (unpaired) electrons. The molecule has 30 heavy (non-hydrogen) atoms. The molecule has 4 rings (SSSR count). The van der Waals surface area contributed by atoms with Gasteiger partial charge in [0.1, 0.15) is 5.69 Å². The highest BCUT2D eigenvalue weighted by Gasteiger charge is 2.24. The van der Waals surface area contributed by atoms with Gasteiger partial charge in [-0.2, -0.15) is 0 Å². The standard InChI is InChI=1S/C22H25ClN4O3/c23-17-7-6-8-18(21(17)26-13-4-5-14-26)24-22(28)16-9-10-19(20(15-16)27(29)30)25-11-2-1-3-12-25/h6-10,15H,1-5,11-14H2,(H,24,28). The second kappa shape index (κ2) is 8.92. The lowest BCUT2D eigenvalue weighted by molar-refractivity contribution is -0.384. The number of halogens is 1. The van der Waals surface area contributed by atoms with Gasteiger partial charge >= 0.3 is 0 Å². The zero-order chi connectivity index (χ0) is 21.1. The number of benzene rings is 2. The van der Waals surface area contributed by atoms with Crippen LogP contribution in [0.25, 0.3) is 0 Å². The number of nitrogens with one attached hydrogen (secondary N) is 1. The molecule has 8 heteroatoms. The van der Waals surface area contributed by atoms with Crippen molar-refractivity contribution in [2.24, 2.45) is 0 Å². The number of para-hydroxylation sites is 1. The van der Waals surface area contributed by atoms with E-state index in [-0.39, 0.29) is 17.2 Å². The smallest absolute Gasteiger partial charge is 0.293 e. The first-order chi connectivity index (χ1) is 14.5. The molecule has 2 aromatic rings. The van der Waals surface area contributed by atoms with Crippen molar-refractivity contribution in [2.45, 2.75) is 32.1 Å². The van der Waals surface area contributed by atoms with Crippen molar-refractivity contribution in [3.8, 4) is 0 Å². The predicted octanol–water partition coefficient (Wildman–Crippen LogP) is 5.09. The van der Waals surface area contributed by atoms with Crippen LogP contribution in [0.5, 0.6) is 0 Å². The number of hydrogen-bond donors (Lipinski definition) is 1. The second-order valence-corrected chi connectivity index (χ2v) is 8.20. The SMILES string of the molecule is O=C(Nc1cccc(Cl)c1N1CCCC1)c1ccc(N2CCCCC2)c([N+](=O)[O-])c1. The summed E-state index contributed by atoms with van der Waals surface area (Å²) >= 11 is 6.42. The number of amides is 1. The summed E-state index contributed by atoms with van der Waals surface area (Å²) in [5, 5.41) is 15.2. The Labute approximate surface area is 180 Å². The zero-order valence-electron chi connectivity index (χ0n) is 16.8. The Morgan fingerprint density at radius 1 is 0.967 bits per heavy atom. The van der Waals surface area contributed by atoms with E-state index in [0.717, 1.165) is 64.0 Å². The van der Waals surface area contributed by atoms with Crippen LogP contribution in [-0.4, -0.2) is 37.0 Å². The van der Waals surface area contributed by atoms with E-state index in [1.165, 1.54) is 6.07 Å². The molecule has 0 atom stereocenters. The first-order valence-electron chi connectivity index (χ1n) is 10.4. The molecule has 0 spiro atoms. The van der Waals surface area contributed by atoms with Crippen LogP contribution in [-0.2, 0) is 0 Å². The highest BCUT2D eigenvalue weighted by Crippen LogP contribution is 2.37. The maximum absolute atomic E-state index is 12.9. The van der Waals surface area contributed by atoms with Gasteiger partial charge in [-0.15, -0.1) is 0 Å². The number of carbonyl (C=O) groups is 1. The Bertz CT molecular complexity index is 953. The van der Waals surface area contributed by atoms with Crippen LogP contribution < -0.4 is 15.1 Å². The summed E-state index contributed by atoms with van der Waals surface area (Å²) in [7, 11) is 0. The Hall–Kier alpha value is -2.80. The van der Waals surface area contributed by atoms with E-state index in [9.17, 15) is 14.9 Å². The average Bonchev–Trinajstić information content (AvgIpc) is 3.28.